The minimum atomic E-state index is -4.42. The van der Waals surface area contributed by atoms with E-state index in [1.165, 1.54) is 0 Å². The molecule has 0 aliphatic carbocycles. The monoisotopic (exact) mass is 1200 g/mol. The van der Waals surface area contributed by atoms with Crippen molar-refractivity contribution in [3.8, 4) is 0 Å². The van der Waals surface area contributed by atoms with E-state index in [2.05, 4.69) is 220 Å². The standard InChI is InChI=1S/C76H118NO8P/c1-6-8-10-12-14-16-18-20-22-24-26-28-30-32-34-36-37-38-39-41-43-45-47-49-51-53-55-57-59-61-63-65-67-69-76(79)85-74(73-84-86(80,81)83-71-70-77(3,4)5)72-82-75(78)68-66-64-62-60-58-56-54-52-50-48-46-44-42-40-35-33-31-29-27-25-23-21-19-17-15-13-11-9-7-2/h8-11,14-17,20-23,26-29,32-35,37-38,41-44,47-50,53-56,74H,6-7,12-13,18-19,24-25,30-31,36,39-40,45-46,51-52,57-73H2,1-5H3/p+1/b10-8-,11-9-,16-14-,17-15-,22-20-,23-21-,28-26-,29-27-,34-32-,35-33-,38-37-,43-41-,44-42-,49-47-,50-48-,55-53-,56-54-. The maximum absolute atomic E-state index is 12.9. The topological polar surface area (TPSA) is 108 Å². The van der Waals surface area contributed by atoms with Crippen LogP contribution in [0.4, 0.5) is 0 Å². The van der Waals surface area contributed by atoms with Gasteiger partial charge in [-0.25, -0.2) is 4.57 Å². The van der Waals surface area contributed by atoms with Crippen LogP contribution >= 0.6 is 7.82 Å². The normalized spacial score (nSPS) is 14.5. The molecule has 0 saturated carbocycles. The fraction of sp³-hybridized carbons (Fsp3) is 0.526. The molecule has 480 valence electrons. The highest BCUT2D eigenvalue weighted by Gasteiger charge is 2.27. The number of hydrogen-bond donors (Lipinski definition) is 1. The molecule has 0 rings (SSSR count). The summed E-state index contributed by atoms with van der Waals surface area (Å²) in [5.74, 6) is -0.869. The summed E-state index contributed by atoms with van der Waals surface area (Å²) in [6.45, 7) is 4.11. The molecular formula is C76H119NO8P+. The minimum absolute atomic E-state index is 0.00996. The second-order valence-corrected chi connectivity index (χ2v) is 23.5. The molecule has 0 spiro atoms. The van der Waals surface area contributed by atoms with Gasteiger partial charge in [-0.15, -0.1) is 0 Å². The van der Waals surface area contributed by atoms with Crippen LogP contribution in [0.5, 0.6) is 0 Å². The van der Waals surface area contributed by atoms with Crippen molar-refractivity contribution >= 4 is 19.8 Å². The number of esters is 2. The molecule has 1 N–H and O–H groups in total. The van der Waals surface area contributed by atoms with Crippen LogP contribution in [0.25, 0.3) is 0 Å². The molecule has 0 aliphatic rings. The highest BCUT2D eigenvalue weighted by Crippen LogP contribution is 2.43. The summed E-state index contributed by atoms with van der Waals surface area (Å²) >= 11 is 0. The van der Waals surface area contributed by atoms with Crippen LogP contribution < -0.4 is 0 Å². The van der Waals surface area contributed by atoms with Gasteiger partial charge in [0.1, 0.15) is 19.8 Å². The van der Waals surface area contributed by atoms with Crippen molar-refractivity contribution in [1.29, 1.82) is 0 Å². The van der Waals surface area contributed by atoms with E-state index in [4.69, 9.17) is 18.5 Å². The molecule has 86 heavy (non-hydrogen) atoms. The lowest BCUT2D eigenvalue weighted by atomic mass is 10.1. The molecule has 0 aliphatic heterocycles. The van der Waals surface area contributed by atoms with Crippen molar-refractivity contribution < 1.29 is 42.1 Å². The van der Waals surface area contributed by atoms with E-state index in [0.29, 0.717) is 23.9 Å². The number of carbonyl (C=O) groups excluding carboxylic acids is 2. The van der Waals surface area contributed by atoms with Gasteiger partial charge in [-0.05, 0) is 148 Å². The molecule has 10 heteroatoms. The van der Waals surface area contributed by atoms with Crippen LogP contribution in [0.3, 0.4) is 0 Å². The van der Waals surface area contributed by atoms with Gasteiger partial charge >= 0.3 is 19.8 Å². The van der Waals surface area contributed by atoms with E-state index in [0.717, 1.165) is 167 Å². The molecular weight excluding hydrogens is 1090 g/mol. The van der Waals surface area contributed by atoms with Gasteiger partial charge in [-0.2, -0.15) is 0 Å². The average Bonchev–Trinajstić information content (AvgIpc) is 3.70. The Kier molecular flexibility index (Phi) is 60.0. The smallest absolute Gasteiger partial charge is 0.462 e. The summed E-state index contributed by atoms with van der Waals surface area (Å²) in [4.78, 5) is 35.8. The van der Waals surface area contributed by atoms with Crippen LogP contribution in [-0.4, -0.2) is 74.9 Å². The van der Waals surface area contributed by atoms with Crippen LogP contribution in [-0.2, 0) is 32.7 Å². The Balaban J connectivity index is 4.30. The SMILES string of the molecule is CC/C=C\C/C=C\C/C=C\C/C=C\C/C=C\C/C=C\C/C=C\C/C=C\C/C=C\CCCCCCCC(=O)OC(COC(=O)CCCCCC/C=C\C/C=C\C/C=C\C/C=C\C/C=C\C/C=C\C/C=C\C/C=C\CC)COP(=O)(O)OCC[N+](C)(C)C. The van der Waals surface area contributed by atoms with Crippen LogP contribution in [0, 0.1) is 0 Å². The van der Waals surface area contributed by atoms with Crippen LogP contribution in [0.15, 0.2) is 207 Å². The van der Waals surface area contributed by atoms with E-state index < -0.39 is 32.5 Å². The summed E-state index contributed by atoms with van der Waals surface area (Å²) in [6.07, 6.45) is 102. The Morgan fingerprint density at radius 1 is 0.360 bits per heavy atom. The number of phosphoric acid groups is 1. The minimum Gasteiger partial charge on any atom is -0.462 e. The van der Waals surface area contributed by atoms with E-state index in [1.807, 2.05) is 21.1 Å². The van der Waals surface area contributed by atoms with Gasteiger partial charge in [0.2, 0.25) is 0 Å². The Morgan fingerprint density at radius 3 is 0.930 bits per heavy atom. The van der Waals surface area contributed by atoms with Crippen molar-refractivity contribution in [1.82, 2.24) is 0 Å². The molecule has 0 heterocycles. The first kappa shape index (κ1) is 80.6. The van der Waals surface area contributed by atoms with Gasteiger partial charge in [0.05, 0.1) is 27.7 Å². The Labute approximate surface area is 525 Å². The number of phosphoric ester groups is 1. The molecule has 0 aromatic carbocycles. The zero-order valence-corrected chi connectivity index (χ0v) is 55.3. The molecule has 2 atom stereocenters. The first-order valence-electron chi connectivity index (χ1n) is 32.8. The largest absolute Gasteiger partial charge is 0.472 e. The van der Waals surface area contributed by atoms with Crippen LogP contribution in [0.2, 0.25) is 0 Å². The summed E-state index contributed by atoms with van der Waals surface area (Å²) in [5, 5.41) is 0. The number of nitrogens with zero attached hydrogens (tertiary/aromatic N) is 1. The Morgan fingerprint density at radius 2 is 0.628 bits per heavy atom. The molecule has 0 aromatic heterocycles. The highest BCUT2D eigenvalue weighted by molar-refractivity contribution is 7.47. The molecule has 9 nitrogen and oxygen atoms in total. The Bertz CT molecular complexity index is 2200. The van der Waals surface area contributed by atoms with Crippen molar-refractivity contribution in [3.05, 3.63) is 207 Å². The average molecular weight is 1210 g/mol. The van der Waals surface area contributed by atoms with Crippen molar-refractivity contribution in [2.75, 3.05) is 47.5 Å². The van der Waals surface area contributed by atoms with Gasteiger partial charge in [-0.3, -0.25) is 18.6 Å². The molecule has 0 aromatic rings. The predicted molar refractivity (Wildman–Crippen MR) is 371 cm³/mol. The summed E-state index contributed by atoms with van der Waals surface area (Å²) < 4.78 is 34.6. The fourth-order valence-corrected chi connectivity index (χ4v) is 8.59. The number of allylic oxidation sites excluding steroid dienone is 34. The quantitative estimate of drug-likeness (QED) is 0.0211. The molecule has 2 unspecified atom stereocenters. The Hall–Kier alpha value is -5.41. The number of unbranched alkanes of at least 4 members (excludes halogenated alkanes) is 9. The van der Waals surface area contributed by atoms with E-state index in [-0.39, 0.29) is 26.1 Å². The predicted octanol–water partition coefficient (Wildman–Crippen LogP) is 21.5. The van der Waals surface area contributed by atoms with E-state index >= 15 is 0 Å². The van der Waals surface area contributed by atoms with Gasteiger partial charge < -0.3 is 18.9 Å². The lowest BCUT2D eigenvalue weighted by molar-refractivity contribution is -0.870. The fourth-order valence-electron chi connectivity index (χ4n) is 7.84. The second kappa shape index (κ2) is 64.1. The lowest BCUT2D eigenvalue weighted by Crippen LogP contribution is -2.37. The van der Waals surface area contributed by atoms with E-state index in [1.54, 1.807) is 0 Å². The third-order valence-corrected chi connectivity index (χ3v) is 13.8. The van der Waals surface area contributed by atoms with Gasteiger partial charge in [-0.1, -0.05) is 253 Å². The maximum atomic E-state index is 12.9. The van der Waals surface area contributed by atoms with Crippen LogP contribution in [0.1, 0.15) is 206 Å². The molecule has 0 bridgehead atoms. The van der Waals surface area contributed by atoms with Crippen molar-refractivity contribution in [2.24, 2.45) is 0 Å². The van der Waals surface area contributed by atoms with Crippen molar-refractivity contribution in [3.63, 3.8) is 0 Å². The number of rotatable bonds is 57. The van der Waals surface area contributed by atoms with E-state index in [9.17, 15) is 19.0 Å². The zero-order valence-electron chi connectivity index (χ0n) is 54.4. The maximum Gasteiger partial charge on any atom is 0.472 e. The molecule has 0 saturated heterocycles. The zero-order chi connectivity index (χ0) is 62.6. The molecule has 0 amide bonds. The number of carbonyl (C=O) groups is 2. The highest BCUT2D eigenvalue weighted by atomic mass is 31.2. The number of hydrogen-bond acceptors (Lipinski definition) is 7. The summed E-state index contributed by atoms with van der Waals surface area (Å²) in [6, 6.07) is 0. The second-order valence-electron chi connectivity index (χ2n) is 22.0. The molecule has 0 radical (unpaired) electrons. The van der Waals surface area contributed by atoms with Crippen molar-refractivity contribution in [2.45, 2.75) is 213 Å². The number of quaternary nitrogens is 1. The number of likely N-dealkylation sites (N-methyl/N-ethyl adjacent to an activating group) is 1. The summed E-state index contributed by atoms with van der Waals surface area (Å²) in [7, 11) is 1.41. The lowest BCUT2D eigenvalue weighted by Gasteiger charge is -2.24. The van der Waals surface area contributed by atoms with Gasteiger partial charge in [0, 0.05) is 12.8 Å². The number of ether oxygens (including phenoxy) is 2. The van der Waals surface area contributed by atoms with Gasteiger partial charge in [0.15, 0.2) is 6.10 Å². The summed E-state index contributed by atoms with van der Waals surface area (Å²) in [5.41, 5.74) is 0. The third-order valence-electron chi connectivity index (χ3n) is 12.8. The first-order valence-corrected chi connectivity index (χ1v) is 34.3. The molecule has 0 fully saturated rings. The third kappa shape index (κ3) is 67.7. The van der Waals surface area contributed by atoms with Gasteiger partial charge in [0.25, 0.3) is 0 Å². The first-order chi connectivity index (χ1) is 42.0.